The van der Waals surface area contributed by atoms with Crippen molar-refractivity contribution in [3.05, 3.63) is 0 Å². The smallest absolute Gasteiger partial charge is 0.304 e. The highest BCUT2D eigenvalue weighted by Gasteiger charge is 2.22. The molecule has 1 atom stereocenters. The predicted molar refractivity (Wildman–Crippen MR) is 56.5 cm³/mol. The fourth-order valence-electron chi connectivity index (χ4n) is 1.95. The van der Waals surface area contributed by atoms with E-state index in [1.54, 1.807) is 6.92 Å². The summed E-state index contributed by atoms with van der Waals surface area (Å²) in [6.45, 7) is 3.28. The number of amides is 1. The van der Waals surface area contributed by atoms with E-state index in [4.69, 9.17) is 5.11 Å². The molecule has 0 aliphatic carbocycles. The molecule has 15 heavy (non-hydrogen) atoms. The molecule has 1 unspecified atom stereocenters. The molecule has 1 rings (SSSR count). The molecule has 0 aromatic carbocycles. The quantitative estimate of drug-likeness (QED) is 0.773. The van der Waals surface area contributed by atoms with Crippen molar-refractivity contribution in [2.24, 2.45) is 5.92 Å². The van der Waals surface area contributed by atoms with Crippen molar-refractivity contribution in [2.75, 3.05) is 13.1 Å². The van der Waals surface area contributed by atoms with Gasteiger partial charge in [0.25, 0.3) is 0 Å². The number of hydrogen-bond acceptors (Lipinski definition) is 2. The highest BCUT2D eigenvalue weighted by Crippen LogP contribution is 2.14. The number of carboxylic acids is 1. The maximum atomic E-state index is 11.8. The van der Waals surface area contributed by atoms with Crippen molar-refractivity contribution in [3.8, 4) is 0 Å². The number of carboxylic acid groups (broad SMARTS) is 1. The number of carbonyl (C=O) groups is 2. The monoisotopic (exact) mass is 213 g/mol. The summed E-state index contributed by atoms with van der Waals surface area (Å²) >= 11 is 0. The van der Waals surface area contributed by atoms with Gasteiger partial charge in [0.1, 0.15) is 0 Å². The Kier molecular flexibility index (Phi) is 4.59. The van der Waals surface area contributed by atoms with E-state index in [-0.39, 0.29) is 18.2 Å². The van der Waals surface area contributed by atoms with Crippen LogP contribution in [0.1, 0.15) is 39.0 Å². The third-order valence-electron chi connectivity index (χ3n) is 2.82. The topological polar surface area (TPSA) is 57.6 Å². The first-order valence-electron chi connectivity index (χ1n) is 5.62. The molecule has 0 aromatic rings. The van der Waals surface area contributed by atoms with E-state index in [9.17, 15) is 9.59 Å². The van der Waals surface area contributed by atoms with Crippen LogP contribution >= 0.6 is 0 Å². The first kappa shape index (κ1) is 12.0. The lowest BCUT2D eigenvalue weighted by Gasteiger charge is -2.23. The van der Waals surface area contributed by atoms with Gasteiger partial charge in [-0.05, 0) is 12.8 Å². The average molecular weight is 213 g/mol. The molecule has 1 aliphatic rings. The first-order valence-corrected chi connectivity index (χ1v) is 5.62. The second-order valence-corrected chi connectivity index (χ2v) is 4.24. The SMILES string of the molecule is CC(CC(=O)O)C(=O)N1CCCCCC1. The second kappa shape index (κ2) is 5.73. The van der Waals surface area contributed by atoms with Gasteiger partial charge in [-0.25, -0.2) is 0 Å². The molecule has 0 aromatic heterocycles. The van der Waals surface area contributed by atoms with Gasteiger partial charge in [0.2, 0.25) is 5.91 Å². The number of aliphatic carboxylic acids is 1. The summed E-state index contributed by atoms with van der Waals surface area (Å²) < 4.78 is 0. The zero-order valence-electron chi connectivity index (χ0n) is 9.24. The minimum atomic E-state index is -0.898. The number of likely N-dealkylation sites (tertiary alicyclic amines) is 1. The third-order valence-corrected chi connectivity index (χ3v) is 2.82. The predicted octanol–water partition coefficient (Wildman–Crippen LogP) is 1.50. The highest BCUT2D eigenvalue weighted by atomic mass is 16.4. The van der Waals surface area contributed by atoms with Crippen LogP contribution in [0.4, 0.5) is 0 Å². The molecule has 86 valence electrons. The molecular weight excluding hydrogens is 194 g/mol. The standard InChI is InChI=1S/C11H19NO3/c1-9(8-10(13)14)11(15)12-6-4-2-3-5-7-12/h9H,2-8H2,1H3,(H,13,14). The van der Waals surface area contributed by atoms with Crippen molar-refractivity contribution in [3.63, 3.8) is 0 Å². The van der Waals surface area contributed by atoms with Crippen molar-refractivity contribution in [1.82, 2.24) is 4.90 Å². The van der Waals surface area contributed by atoms with Gasteiger partial charge in [0.05, 0.1) is 6.42 Å². The van der Waals surface area contributed by atoms with Gasteiger partial charge in [-0.3, -0.25) is 9.59 Å². The van der Waals surface area contributed by atoms with Gasteiger partial charge in [-0.2, -0.15) is 0 Å². The Bertz CT molecular complexity index is 232. The van der Waals surface area contributed by atoms with Crippen LogP contribution < -0.4 is 0 Å². The molecule has 1 saturated heterocycles. The van der Waals surface area contributed by atoms with E-state index in [1.807, 2.05) is 4.90 Å². The van der Waals surface area contributed by atoms with Gasteiger partial charge in [-0.1, -0.05) is 19.8 Å². The molecular formula is C11H19NO3. The molecule has 0 radical (unpaired) electrons. The van der Waals surface area contributed by atoms with Crippen LogP contribution in [0, 0.1) is 5.92 Å². The summed E-state index contributed by atoms with van der Waals surface area (Å²) in [6, 6.07) is 0. The lowest BCUT2D eigenvalue weighted by atomic mass is 10.1. The maximum absolute atomic E-state index is 11.8. The van der Waals surface area contributed by atoms with Crippen molar-refractivity contribution >= 4 is 11.9 Å². The Morgan fingerprint density at radius 1 is 1.20 bits per heavy atom. The Balaban J connectivity index is 2.46. The minimum absolute atomic E-state index is 0.000648. The van der Waals surface area contributed by atoms with E-state index < -0.39 is 5.97 Å². The fraction of sp³-hybridized carbons (Fsp3) is 0.818. The van der Waals surface area contributed by atoms with Crippen LogP contribution in [0.5, 0.6) is 0 Å². The van der Waals surface area contributed by atoms with Gasteiger partial charge < -0.3 is 10.0 Å². The van der Waals surface area contributed by atoms with E-state index >= 15 is 0 Å². The summed E-state index contributed by atoms with van der Waals surface area (Å²) in [5.41, 5.74) is 0. The van der Waals surface area contributed by atoms with Gasteiger partial charge in [-0.15, -0.1) is 0 Å². The lowest BCUT2D eigenvalue weighted by molar-refractivity contribution is -0.144. The summed E-state index contributed by atoms with van der Waals surface area (Å²) in [5, 5.41) is 8.62. The van der Waals surface area contributed by atoms with E-state index in [1.165, 1.54) is 12.8 Å². The molecule has 1 amide bonds. The van der Waals surface area contributed by atoms with E-state index in [0.717, 1.165) is 25.9 Å². The van der Waals surface area contributed by atoms with Crippen molar-refractivity contribution < 1.29 is 14.7 Å². The molecule has 0 saturated carbocycles. The Morgan fingerprint density at radius 3 is 2.20 bits per heavy atom. The van der Waals surface area contributed by atoms with Crippen LogP contribution in [-0.2, 0) is 9.59 Å². The number of carbonyl (C=O) groups excluding carboxylic acids is 1. The second-order valence-electron chi connectivity index (χ2n) is 4.24. The van der Waals surface area contributed by atoms with Crippen molar-refractivity contribution in [2.45, 2.75) is 39.0 Å². The summed E-state index contributed by atoms with van der Waals surface area (Å²) in [5.74, 6) is -1.29. The summed E-state index contributed by atoms with van der Waals surface area (Å²) in [4.78, 5) is 24.2. The zero-order valence-corrected chi connectivity index (χ0v) is 9.24. The normalized spacial score (nSPS) is 19.4. The number of hydrogen-bond donors (Lipinski definition) is 1. The molecule has 1 aliphatic heterocycles. The largest absolute Gasteiger partial charge is 0.481 e. The third kappa shape index (κ3) is 3.90. The molecule has 1 fully saturated rings. The average Bonchev–Trinajstić information content (AvgIpc) is 2.43. The molecule has 4 nitrogen and oxygen atoms in total. The maximum Gasteiger partial charge on any atom is 0.304 e. The molecule has 1 N–H and O–H groups in total. The summed E-state index contributed by atoms with van der Waals surface area (Å²) in [7, 11) is 0. The molecule has 1 heterocycles. The minimum Gasteiger partial charge on any atom is -0.481 e. The molecule has 4 heteroatoms. The Hall–Kier alpha value is -1.06. The zero-order chi connectivity index (χ0) is 11.3. The lowest BCUT2D eigenvalue weighted by Crippen LogP contribution is -2.36. The van der Waals surface area contributed by atoms with E-state index in [0.29, 0.717) is 0 Å². The first-order chi connectivity index (χ1) is 7.11. The fourth-order valence-corrected chi connectivity index (χ4v) is 1.95. The van der Waals surface area contributed by atoms with Gasteiger partial charge in [0, 0.05) is 19.0 Å². The Morgan fingerprint density at radius 2 is 1.73 bits per heavy atom. The van der Waals surface area contributed by atoms with Crippen LogP contribution in [0.2, 0.25) is 0 Å². The summed E-state index contributed by atoms with van der Waals surface area (Å²) in [6.07, 6.45) is 4.39. The molecule has 0 bridgehead atoms. The van der Waals surface area contributed by atoms with Gasteiger partial charge >= 0.3 is 5.97 Å². The van der Waals surface area contributed by atoms with Crippen molar-refractivity contribution in [1.29, 1.82) is 0 Å². The number of nitrogens with zero attached hydrogens (tertiary/aromatic N) is 1. The number of rotatable bonds is 3. The Labute approximate surface area is 90.3 Å². The van der Waals surface area contributed by atoms with Crippen LogP contribution in [0.3, 0.4) is 0 Å². The highest BCUT2D eigenvalue weighted by molar-refractivity contribution is 5.82. The van der Waals surface area contributed by atoms with Crippen LogP contribution in [-0.4, -0.2) is 35.0 Å². The van der Waals surface area contributed by atoms with Crippen LogP contribution in [0.25, 0.3) is 0 Å². The van der Waals surface area contributed by atoms with Crippen LogP contribution in [0.15, 0.2) is 0 Å². The molecule has 0 spiro atoms. The van der Waals surface area contributed by atoms with E-state index in [2.05, 4.69) is 0 Å². The van der Waals surface area contributed by atoms with Gasteiger partial charge in [0.15, 0.2) is 0 Å².